The van der Waals surface area contributed by atoms with Crippen LogP contribution in [0.2, 0.25) is 0 Å². The van der Waals surface area contributed by atoms with E-state index in [1.165, 1.54) is 18.7 Å². The molecule has 0 aliphatic carbocycles. The van der Waals surface area contributed by atoms with E-state index in [1.807, 2.05) is 0 Å². The maximum Gasteiger partial charge on any atom is 0.338 e. The molecule has 4 atom stereocenters. The molecule has 0 aromatic heterocycles. The molecule has 0 N–H and O–H groups in total. The molecule has 0 saturated carbocycles. The van der Waals surface area contributed by atoms with Gasteiger partial charge < -0.3 is 18.9 Å². The molecule has 1 fully saturated rings. The second-order valence-corrected chi connectivity index (χ2v) is 8.28. The molecule has 0 bridgehead atoms. The van der Waals surface area contributed by atoms with Gasteiger partial charge in [-0.05, 0) is 24.3 Å². The summed E-state index contributed by atoms with van der Waals surface area (Å²) < 4.78 is 22.4. The van der Waals surface area contributed by atoms with Crippen LogP contribution >= 0.6 is 11.8 Å². The number of rotatable bonds is 9. The summed E-state index contributed by atoms with van der Waals surface area (Å²) in [6.45, 7) is 5.03. The molecule has 1 aliphatic heterocycles. The molecular weight excluding hydrogens is 432 g/mol. The minimum Gasteiger partial charge on any atom is -0.461 e. The molecule has 1 saturated heterocycles. The Morgan fingerprint density at radius 3 is 2.06 bits per heavy atom. The highest BCUT2D eigenvalue weighted by Gasteiger charge is 2.50. The van der Waals surface area contributed by atoms with Gasteiger partial charge >= 0.3 is 17.9 Å². The molecule has 0 amide bonds. The maximum absolute atomic E-state index is 12.7. The number of hydrogen-bond acceptors (Lipinski definition) is 8. The summed E-state index contributed by atoms with van der Waals surface area (Å²) in [5, 5.41) is -0.505. The first-order valence-corrected chi connectivity index (χ1v) is 11.0. The Bertz CT molecular complexity index is 932. The monoisotopic (exact) mass is 456 g/mol. The molecule has 8 heteroatoms. The first-order chi connectivity index (χ1) is 15.5. The number of carbonyl (C=O) groups is 3. The van der Waals surface area contributed by atoms with Gasteiger partial charge in [-0.25, -0.2) is 9.59 Å². The Hall–Kier alpha value is -3.10. The van der Waals surface area contributed by atoms with Crippen LogP contribution in [0, 0.1) is 0 Å². The lowest BCUT2D eigenvalue weighted by Crippen LogP contribution is -2.41. The molecule has 2 aromatic rings. The second-order valence-electron chi connectivity index (χ2n) is 6.94. The molecule has 1 heterocycles. The van der Waals surface area contributed by atoms with Gasteiger partial charge in [0.05, 0.1) is 23.0 Å². The summed E-state index contributed by atoms with van der Waals surface area (Å²) in [4.78, 5) is 36.7. The SMILES string of the molecule is C=CCO[C@@H]1C(OC(C)=O)S[C@@H](COC(=O)c2ccccc2)[C@H]1OC(=O)c1ccccc1. The average molecular weight is 457 g/mol. The number of benzene rings is 2. The van der Waals surface area contributed by atoms with Crippen LogP contribution in [0.3, 0.4) is 0 Å². The molecule has 168 valence electrons. The smallest absolute Gasteiger partial charge is 0.338 e. The third kappa shape index (κ3) is 6.21. The van der Waals surface area contributed by atoms with Gasteiger partial charge in [0.15, 0.2) is 5.44 Å². The van der Waals surface area contributed by atoms with Crippen LogP contribution < -0.4 is 0 Å². The van der Waals surface area contributed by atoms with Gasteiger partial charge in [0.25, 0.3) is 0 Å². The highest BCUT2D eigenvalue weighted by molar-refractivity contribution is 8.00. The predicted molar refractivity (Wildman–Crippen MR) is 119 cm³/mol. The third-order valence-corrected chi connectivity index (χ3v) is 5.98. The van der Waals surface area contributed by atoms with E-state index in [0.29, 0.717) is 11.1 Å². The third-order valence-electron chi connectivity index (χ3n) is 4.60. The maximum atomic E-state index is 12.7. The molecule has 3 rings (SSSR count). The first kappa shape index (κ1) is 23.6. The summed E-state index contributed by atoms with van der Waals surface area (Å²) in [5.74, 6) is -1.55. The lowest BCUT2D eigenvalue weighted by Gasteiger charge is -2.25. The van der Waals surface area contributed by atoms with Gasteiger partial charge in [-0.3, -0.25) is 4.79 Å². The van der Waals surface area contributed by atoms with Crippen molar-refractivity contribution in [3.05, 3.63) is 84.4 Å². The largest absolute Gasteiger partial charge is 0.461 e. The summed E-state index contributed by atoms with van der Waals surface area (Å²) >= 11 is 1.22. The summed E-state index contributed by atoms with van der Waals surface area (Å²) in [6.07, 6.45) is -0.0236. The average Bonchev–Trinajstić information content (AvgIpc) is 3.12. The van der Waals surface area contributed by atoms with Gasteiger partial charge in [-0.2, -0.15) is 0 Å². The molecule has 1 unspecified atom stereocenters. The standard InChI is InChI=1S/C24H24O7S/c1-3-14-28-21-20(31-23(27)18-12-8-5-9-13-18)19(32-24(21)30-16(2)25)15-29-22(26)17-10-6-4-7-11-17/h3-13,19-21,24H,1,14-15H2,2H3/t19-,20+,21-,24?/m0/s1. The van der Waals surface area contributed by atoms with Gasteiger partial charge in [0, 0.05) is 6.92 Å². The molecule has 32 heavy (non-hydrogen) atoms. The van der Waals surface area contributed by atoms with Crippen LogP contribution in [0.5, 0.6) is 0 Å². The van der Waals surface area contributed by atoms with Crippen LogP contribution in [0.25, 0.3) is 0 Å². The quantitative estimate of drug-likeness (QED) is 0.321. The van der Waals surface area contributed by atoms with Gasteiger partial charge in [0.2, 0.25) is 0 Å². The zero-order chi connectivity index (χ0) is 22.9. The minimum atomic E-state index is -0.819. The topological polar surface area (TPSA) is 88.1 Å². The fourth-order valence-corrected chi connectivity index (χ4v) is 4.60. The van der Waals surface area contributed by atoms with Crippen molar-refractivity contribution in [2.75, 3.05) is 13.2 Å². The molecule has 7 nitrogen and oxygen atoms in total. The molecule has 1 aliphatic rings. The predicted octanol–water partition coefficient (Wildman–Crippen LogP) is 3.64. The fraction of sp³-hybridized carbons (Fsp3) is 0.292. The normalized spacial score (nSPS) is 22.0. The number of esters is 3. The fourth-order valence-electron chi connectivity index (χ4n) is 3.16. The number of carbonyl (C=O) groups excluding carboxylic acids is 3. The Labute approximate surface area is 190 Å². The van der Waals surface area contributed by atoms with Crippen LogP contribution in [-0.4, -0.2) is 54.0 Å². The second kappa shape index (κ2) is 11.5. The van der Waals surface area contributed by atoms with Crippen molar-refractivity contribution in [2.24, 2.45) is 0 Å². The molecule has 0 radical (unpaired) electrons. The first-order valence-electron chi connectivity index (χ1n) is 10.0. The molecular formula is C24H24O7S. The van der Waals surface area contributed by atoms with Gasteiger partial charge in [-0.15, -0.1) is 18.3 Å². The van der Waals surface area contributed by atoms with E-state index in [0.717, 1.165) is 0 Å². The van der Waals surface area contributed by atoms with E-state index in [1.54, 1.807) is 66.7 Å². The van der Waals surface area contributed by atoms with Crippen molar-refractivity contribution in [3.63, 3.8) is 0 Å². The van der Waals surface area contributed by atoms with Crippen molar-refractivity contribution in [1.29, 1.82) is 0 Å². The zero-order valence-corrected chi connectivity index (χ0v) is 18.4. The summed E-state index contributed by atoms with van der Waals surface area (Å²) in [6, 6.07) is 17.1. The lowest BCUT2D eigenvalue weighted by molar-refractivity contribution is -0.150. The van der Waals surface area contributed by atoms with Crippen molar-refractivity contribution < 1.29 is 33.3 Å². The summed E-state index contributed by atoms with van der Waals surface area (Å²) in [5.41, 5.74) is 0.0432. The molecule has 0 spiro atoms. The Kier molecular flexibility index (Phi) is 8.47. The van der Waals surface area contributed by atoms with Crippen LogP contribution in [0.1, 0.15) is 27.6 Å². The van der Waals surface area contributed by atoms with Gasteiger partial charge in [-0.1, -0.05) is 42.5 Å². The summed E-state index contributed by atoms with van der Waals surface area (Å²) in [7, 11) is 0. The van der Waals surface area contributed by atoms with E-state index in [9.17, 15) is 14.4 Å². The number of hydrogen-bond donors (Lipinski definition) is 0. The zero-order valence-electron chi connectivity index (χ0n) is 17.5. The van der Waals surface area contributed by atoms with Crippen molar-refractivity contribution in [1.82, 2.24) is 0 Å². The van der Waals surface area contributed by atoms with Crippen molar-refractivity contribution in [2.45, 2.75) is 29.8 Å². The minimum absolute atomic E-state index is 0.0587. The highest BCUT2D eigenvalue weighted by atomic mass is 32.2. The van der Waals surface area contributed by atoms with E-state index in [-0.39, 0.29) is 13.2 Å². The van der Waals surface area contributed by atoms with Crippen LogP contribution in [-0.2, 0) is 23.7 Å². The van der Waals surface area contributed by atoms with E-state index >= 15 is 0 Å². The van der Waals surface area contributed by atoms with E-state index in [2.05, 4.69) is 6.58 Å². The number of ether oxygens (including phenoxy) is 4. The van der Waals surface area contributed by atoms with Gasteiger partial charge in [0.1, 0.15) is 18.8 Å². The Morgan fingerprint density at radius 1 is 0.906 bits per heavy atom. The van der Waals surface area contributed by atoms with Crippen LogP contribution in [0.15, 0.2) is 73.3 Å². The molecule has 2 aromatic carbocycles. The lowest BCUT2D eigenvalue weighted by atomic mass is 10.1. The van der Waals surface area contributed by atoms with Crippen molar-refractivity contribution in [3.8, 4) is 0 Å². The Morgan fingerprint density at radius 2 is 1.50 bits per heavy atom. The van der Waals surface area contributed by atoms with E-state index in [4.69, 9.17) is 18.9 Å². The Balaban J connectivity index is 1.78. The van der Waals surface area contributed by atoms with Crippen molar-refractivity contribution >= 4 is 29.7 Å². The number of thioether (sulfide) groups is 1. The van der Waals surface area contributed by atoms with Crippen LogP contribution in [0.4, 0.5) is 0 Å². The van der Waals surface area contributed by atoms with E-state index < -0.39 is 40.8 Å². The highest BCUT2D eigenvalue weighted by Crippen LogP contribution is 2.39.